The van der Waals surface area contributed by atoms with E-state index in [1.54, 1.807) is 0 Å². The molecule has 2 N–H and O–H groups in total. The summed E-state index contributed by atoms with van der Waals surface area (Å²) in [5, 5.41) is 0. The van der Waals surface area contributed by atoms with Gasteiger partial charge in [-0.05, 0) is 0 Å². The van der Waals surface area contributed by atoms with Crippen LogP contribution in [0.15, 0.2) is 0 Å². The van der Waals surface area contributed by atoms with Crippen molar-refractivity contribution in [3.8, 4) is 0 Å². The Morgan fingerprint density at radius 3 is 0.727 bits per heavy atom. The van der Waals surface area contributed by atoms with Crippen LogP contribution >= 0.6 is 73.4 Å². The monoisotopic (exact) mass is 335 g/mol. The van der Waals surface area contributed by atoms with E-state index in [9.17, 15) is 0 Å². The van der Waals surface area contributed by atoms with Crippen LogP contribution in [0.2, 0.25) is 0 Å². The van der Waals surface area contributed by atoms with E-state index >= 15 is 0 Å². The van der Waals surface area contributed by atoms with E-state index in [0.29, 0.717) is 0 Å². The van der Waals surface area contributed by atoms with Gasteiger partial charge in [0.2, 0.25) is 0 Å². The molecule has 0 radical (unpaired) electrons. The molecule has 0 rings (SSSR count). The van der Waals surface area contributed by atoms with Crippen molar-refractivity contribution in [1.82, 2.24) is 0 Å². The summed E-state index contributed by atoms with van der Waals surface area (Å²) in [4.78, 5) is 0. The number of hydrogen-bond donors (Lipinski definition) is 2. The standard InChI is InChI=1S/2ClHO.4ClH.Mn.2O/c2*1-2;;;;;;;/h2*2H;4*1H;;;. The zero-order valence-electron chi connectivity index (χ0n) is 4.48. The molecular weight excluding hydrogens is 332 g/mol. The van der Waals surface area contributed by atoms with Gasteiger partial charge < -0.3 is 0 Å². The number of rotatable bonds is 0. The second-order valence-corrected chi connectivity index (χ2v) is 0.260. The minimum atomic E-state index is -1.44. The molecule has 0 aromatic rings. The fourth-order valence-electron chi connectivity index (χ4n) is 0. The summed E-state index contributed by atoms with van der Waals surface area (Å²) in [6.45, 7) is 0. The van der Waals surface area contributed by atoms with E-state index in [4.69, 9.17) is 17.0 Å². The van der Waals surface area contributed by atoms with Crippen molar-refractivity contribution < 1.29 is 31.8 Å². The Bertz CT molecular complexity index is 35.6. The summed E-state index contributed by atoms with van der Waals surface area (Å²) >= 11 is 5.84. The van der Waals surface area contributed by atoms with Crippen LogP contribution in [0.4, 0.5) is 0 Å². The van der Waals surface area contributed by atoms with Crippen LogP contribution in [0.25, 0.3) is 0 Å². The molecule has 0 saturated heterocycles. The summed E-state index contributed by atoms with van der Waals surface area (Å²) in [5.41, 5.74) is 0. The predicted molar refractivity (Wildman–Crippen MR) is 46.5 cm³/mol. The van der Waals surface area contributed by atoms with Gasteiger partial charge in [-0.3, -0.25) is 9.32 Å². The van der Waals surface area contributed by atoms with E-state index in [0.717, 1.165) is 0 Å². The Morgan fingerprint density at radius 1 is 0.727 bits per heavy atom. The van der Waals surface area contributed by atoms with E-state index in [1.165, 1.54) is 0 Å². The van der Waals surface area contributed by atoms with E-state index in [1.807, 2.05) is 0 Å². The summed E-state index contributed by atoms with van der Waals surface area (Å²) in [6.07, 6.45) is 0. The van der Waals surface area contributed by atoms with Crippen molar-refractivity contribution in [3.63, 3.8) is 0 Å². The molecule has 11 heavy (non-hydrogen) atoms. The van der Waals surface area contributed by atoms with Crippen LogP contribution in [0, 0.1) is 0 Å². The molecule has 0 aliphatic heterocycles. The Balaban J connectivity index is -0.00000000378. The van der Waals surface area contributed by atoms with Crippen molar-refractivity contribution in [1.29, 1.82) is 0 Å². The number of halogens is 6. The molecule has 0 aliphatic carbocycles. The van der Waals surface area contributed by atoms with Crippen LogP contribution in [0.1, 0.15) is 0 Å². The Morgan fingerprint density at radius 2 is 0.727 bits per heavy atom. The molecule has 11 heteroatoms. The third kappa shape index (κ3) is 356. The Labute approximate surface area is 105 Å². The summed E-state index contributed by atoms with van der Waals surface area (Å²) in [6, 6.07) is 0. The van der Waals surface area contributed by atoms with Crippen molar-refractivity contribution in [2.75, 3.05) is 0 Å². The van der Waals surface area contributed by atoms with Crippen LogP contribution in [-0.4, -0.2) is 9.32 Å². The molecule has 0 amide bonds. The molecule has 0 atom stereocenters. The molecule has 0 bridgehead atoms. The van der Waals surface area contributed by atoms with Gasteiger partial charge in [-0.15, -0.1) is 49.6 Å². The van der Waals surface area contributed by atoms with Gasteiger partial charge in [-0.25, -0.2) is 0 Å². The third-order valence-corrected chi connectivity index (χ3v) is 0. The molecule has 0 fully saturated rings. The SMILES string of the molecule is Cl.Cl.Cl.Cl.OCl.OCl.[O]=[Mn]=[O]. The third-order valence-electron chi connectivity index (χ3n) is 0. The first kappa shape index (κ1) is 53.1. The van der Waals surface area contributed by atoms with Crippen LogP contribution in [0.3, 0.4) is 0 Å². The van der Waals surface area contributed by atoms with Gasteiger partial charge in [-0.1, -0.05) is 0 Å². The van der Waals surface area contributed by atoms with Gasteiger partial charge in [0.15, 0.2) is 0 Å². The van der Waals surface area contributed by atoms with E-state index in [-0.39, 0.29) is 49.6 Å². The fraction of sp³-hybridized carbons (Fsp3) is 0. The molecular formula is H6Cl6MnO4. The molecule has 0 unspecified atom stereocenters. The van der Waals surface area contributed by atoms with Crippen LogP contribution < -0.4 is 0 Å². The molecule has 4 nitrogen and oxygen atoms in total. The van der Waals surface area contributed by atoms with Crippen LogP contribution in [-0.2, 0) is 22.5 Å². The maximum absolute atomic E-state index is 8.41. The molecule has 0 aromatic carbocycles. The van der Waals surface area contributed by atoms with Crippen molar-refractivity contribution in [2.45, 2.75) is 0 Å². The van der Waals surface area contributed by atoms with E-state index < -0.39 is 14.8 Å². The summed E-state index contributed by atoms with van der Waals surface area (Å²) in [7, 11) is 0. The van der Waals surface area contributed by atoms with Gasteiger partial charge in [0.1, 0.15) is 0 Å². The van der Waals surface area contributed by atoms with Gasteiger partial charge in [0, 0.05) is 0 Å². The first-order valence-electron chi connectivity index (χ1n) is 0.647. The molecule has 0 heterocycles. The van der Waals surface area contributed by atoms with Crippen molar-refractivity contribution in [2.24, 2.45) is 0 Å². The molecule has 0 aromatic heterocycles. The van der Waals surface area contributed by atoms with Gasteiger partial charge in [0.05, 0.1) is 23.7 Å². The molecule has 79 valence electrons. The van der Waals surface area contributed by atoms with Crippen molar-refractivity contribution >= 4 is 73.4 Å². The van der Waals surface area contributed by atoms with Gasteiger partial charge in [-0.2, -0.15) is 0 Å². The molecule has 0 spiro atoms. The normalized spacial score (nSPS) is 2.18. The van der Waals surface area contributed by atoms with E-state index in [2.05, 4.69) is 23.7 Å². The Kier molecular flexibility index (Phi) is 855. The van der Waals surface area contributed by atoms with Gasteiger partial charge >= 0.3 is 22.5 Å². The predicted octanol–water partition coefficient (Wildman–Crippen LogP) is 1.71. The molecule has 0 saturated carbocycles. The zero-order chi connectivity index (χ0) is 6.71. The average molecular weight is 338 g/mol. The summed E-state index contributed by atoms with van der Waals surface area (Å²) in [5.74, 6) is 0. The van der Waals surface area contributed by atoms with Gasteiger partial charge in [0.25, 0.3) is 0 Å². The maximum atomic E-state index is 8.41. The number of hydrogen-bond acceptors (Lipinski definition) is 4. The first-order valence-corrected chi connectivity index (χ1v) is 2.29. The first-order chi connectivity index (χ1) is 3.41. The van der Waals surface area contributed by atoms with Crippen molar-refractivity contribution in [3.05, 3.63) is 0 Å². The second kappa shape index (κ2) is 177. The fourth-order valence-corrected chi connectivity index (χ4v) is 0. The Hall–Kier alpha value is 1.78. The van der Waals surface area contributed by atoms with Crippen LogP contribution in [0.5, 0.6) is 0 Å². The quantitative estimate of drug-likeness (QED) is 0.660. The molecule has 0 aliphatic rings. The summed E-state index contributed by atoms with van der Waals surface area (Å²) < 4.78 is 29.8. The second-order valence-electron chi connectivity index (χ2n) is 0.0630. The average Bonchev–Trinajstić information content (AvgIpc) is 1.78. The zero-order valence-corrected chi connectivity index (χ0v) is 10.4. The topological polar surface area (TPSA) is 74.6 Å². The minimum absolute atomic E-state index is 0.